The van der Waals surface area contributed by atoms with Gasteiger partial charge in [-0.05, 0) is 36.8 Å². The van der Waals surface area contributed by atoms with Gasteiger partial charge in [-0.2, -0.15) is 0 Å². The van der Waals surface area contributed by atoms with E-state index in [1.54, 1.807) is 12.1 Å². The number of nitrogens with zero attached hydrogens (tertiary/aromatic N) is 1. The smallest absolute Gasteiger partial charge is 0.341 e. The van der Waals surface area contributed by atoms with E-state index in [1.807, 2.05) is 31.2 Å². The van der Waals surface area contributed by atoms with Crippen molar-refractivity contribution in [3.63, 3.8) is 0 Å². The van der Waals surface area contributed by atoms with E-state index < -0.39 is 5.97 Å². The monoisotopic (exact) mass is 286 g/mol. The average molecular weight is 286 g/mol. The van der Waals surface area contributed by atoms with Crippen LogP contribution >= 0.6 is 0 Å². The maximum absolute atomic E-state index is 11.7. The Kier molecular flexibility index (Phi) is 4.77. The summed E-state index contributed by atoms with van der Waals surface area (Å²) in [5.41, 5.74) is 2.31. The number of rotatable bonds is 5. The largest absolute Gasteiger partial charge is 0.496 e. The average Bonchev–Trinajstić information content (AvgIpc) is 2.52. The summed E-state index contributed by atoms with van der Waals surface area (Å²) in [6, 6.07) is 11.2. The Labute approximate surface area is 123 Å². The van der Waals surface area contributed by atoms with Crippen molar-refractivity contribution in [1.82, 2.24) is 4.98 Å². The van der Waals surface area contributed by atoms with Crippen molar-refractivity contribution in [3.05, 3.63) is 53.2 Å². The molecule has 1 heterocycles. The van der Waals surface area contributed by atoms with E-state index in [4.69, 9.17) is 9.47 Å². The van der Waals surface area contributed by atoms with Gasteiger partial charge in [0.2, 0.25) is 0 Å². The molecule has 110 valence electrons. The third-order valence-electron chi connectivity index (χ3n) is 3.03. The normalized spacial score (nSPS) is 10.0. The number of pyridine rings is 1. The number of carbonyl (C=O) groups excluding carboxylic acids is 1. The Morgan fingerprint density at radius 1 is 1.24 bits per heavy atom. The van der Waals surface area contributed by atoms with Crippen molar-refractivity contribution >= 4 is 11.8 Å². The van der Waals surface area contributed by atoms with Gasteiger partial charge in [-0.1, -0.05) is 12.1 Å². The van der Waals surface area contributed by atoms with Crippen molar-refractivity contribution in [1.29, 1.82) is 0 Å². The van der Waals surface area contributed by atoms with Crippen LogP contribution in [0.3, 0.4) is 0 Å². The molecule has 2 aromatic rings. The number of aromatic nitrogens is 1. The molecular formula is C16H18N2O3. The molecule has 0 spiro atoms. The first-order valence-electron chi connectivity index (χ1n) is 6.57. The lowest BCUT2D eigenvalue weighted by Crippen LogP contribution is -2.07. The maximum atomic E-state index is 11.7. The molecule has 5 nitrogen and oxygen atoms in total. The van der Waals surface area contributed by atoms with E-state index in [0.29, 0.717) is 17.9 Å². The van der Waals surface area contributed by atoms with Crippen LogP contribution in [0.2, 0.25) is 0 Å². The summed E-state index contributed by atoms with van der Waals surface area (Å²) < 4.78 is 9.93. The van der Waals surface area contributed by atoms with Crippen LogP contribution in [0.5, 0.6) is 5.75 Å². The number of aryl methyl sites for hydroxylation is 1. The summed E-state index contributed by atoms with van der Waals surface area (Å²) in [6.07, 6.45) is 0. The fraction of sp³-hybridized carbons (Fsp3) is 0.250. The minimum Gasteiger partial charge on any atom is -0.496 e. The highest BCUT2D eigenvalue weighted by Gasteiger charge is 2.13. The lowest BCUT2D eigenvalue weighted by molar-refractivity contribution is 0.0597. The van der Waals surface area contributed by atoms with E-state index in [-0.39, 0.29) is 0 Å². The Hall–Kier alpha value is -2.56. The molecular weight excluding hydrogens is 268 g/mol. The van der Waals surface area contributed by atoms with Crippen LogP contribution in [0.1, 0.15) is 21.6 Å². The molecule has 0 fully saturated rings. The quantitative estimate of drug-likeness (QED) is 0.856. The van der Waals surface area contributed by atoms with Crippen LogP contribution < -0.4 is 10.1 Å². The lowest BCUT2D eigenvalue weighted by atomic mass is 10.1. The van der Waals surface area contributed by atoms with Gasteiger partial charge < -0.3 is 14.8 Å². The fourth-order valence-corrected chi connectivity index (χ4v) is 1.97. The SMILES string of the molecule is COC(=O)c1cc(CNc2cccc(C)n2)ccc1OC. The molecule has 2 rings (SSSR count). The van der Waals surface area contributed by atoms with Crippen molar-refractivity contribution in [2.75, 3.05) is 19.5 Å². The van der Waals surface area contributed by atoms with Gasteiger partial charge in [-0.15, -0.1) is 0 Å². The van der Waals surface area contributed by atoms with Crippen molar-refractivity contribution in [3.8, 4) is 5.75 Å². The second-order valence-corrected chi connectivity index (χ2v) is 4.54. The summed E-state index contributed by atoms with van der Waals surface area (Å²) in [5, 5.41) is 3.22. The number of hydrogen-bond donors (Lipinski definition) is 1. The number of esters is 1. The van der Waals surface area contributed by atoms with Gasteiger partial charge in [-0.3, -0.25) is 0 Å². The van der Waals surface area contributed by atoms with Crippen molar-refractivity contribution in [2.45, 2.75) is 13.5 Å². The van der Waals surface area contributed by atoms with E-state index in [9.17, 15) is 4.79 Å². The zero-order valence-corrected chi connectivity index (χ0v) is 12.3. The zero-order valence-electron chi connectivity index (χ0n) is 12.3. The van der Waals surface area contributed by atoms with Crippen molar-refractivity contribution < 1.29 is 14.3 Å². The fourth-order valence-electron chi connectivity index (χ4n) is 1.97. The molecule has 0 amide bonds. The van der Waals surface area contributed by atoms with E-state index >= 15 is 0 Å². The summed E-state index contributed by atoms with van der Waals surface area (Å²) >= 11 is 0. The third-order valence-corrected chi connectivity index (χ3v) is 3.03. The van der Waals surface area contributed by atoms with Gasteiger partial charge >= 0.3 is 5.97 Å². The molecule has 1 N–H and O–H groups in total. The highest BCUT2D eigenvalue weighted by molar-refractivity contribution is 5.92. The first kappa shape index (κ1) is 14.8. The predicted molar refractivity (Wildman–Crippen MR) is 80.6 cm³/mol. The van der Waals surface area contributed by atoms with Gasteiger partial charge in [0.1, 0.15) is 17.1 Å². The molecule has 0 saturated carbocycles. The Balaban J connectivity index is 2.15. The number of methoxy groups -OCH3 is 2. The summed E-state index contributed by atoms with van der Waals surface area (Å²) in [7, 11) is 2.87. The van der Waals surface area contributed by atoms with Crippen LogP contribution in [-0.2, 0) is 11.3 Å². The molecule has 0 aliphatic rings. The van der Waals surface area contributed by atoms with Gasteiger partial charge in [0.05, 0.1) is 14.2 Å². The van der Waals surface area contributed by atoms with Gasteiger partial charge in [0.25, 0.3) is 0 Å². The number of ether oxygens (including phenoxy) is 2. The molecule has 0 radical (unpaired) electrons. The standard InChI is InChI=1S/C16H18N2O3/c1-11-5-4-6-15(18-11)17-10-12-7-8-14(20-2)13(9-12)16(19)21-3/h4-9H,10H2,1-3H3,(H,17,18). The molecule has 0 unspecified atom stereocenters. The molecule has 0 atom stereocenters. The molecule has 5 heteroatoms. The number of nitrogens with one attached hydrogen (secondary N) is 1. The maximum Gasteiger partial charge on any atom is 0.341 e. The Morgan fingerprint density at radius 3 is 2.71 bits per heavy atom. The van der Waals surface area contributed by atoms with E-state index in [1.165, 1.54) is 14.2 Å². The highest BCUT2D eigenvalue weighted by atomic mass is 16.5. The molecule has 0 aliphatic heterocycles. The van der Waals surface area contributed by atoms with Crippen LogP contribution in [0.25, 0.3) is 0 Å². The summed E-state index contributed by atoms with van der Waals surface area (Å²) in [6.45, 7) is 2.50. The lowest BCUT2D eigenvalue weighted by Gasteiger charge is -2.10. The Bertz CT molecular complexity index is 641. The number of carbonyl (C=O) groups is 1. The molecule has 0 bridgehead atoms. The van der Waals surface area contributed by atoms with Crippen LogP contribution in [0.4, 0.5) is 5.82 Å². The first-order chi connectivity index (χ1) is 10.1. The molecule has 0 saturated heterocycles. The summed E-state index contributed by atoms with van der Waals surface area (Å²) in [4.78, 5) is 16.1. The molecule has 21 heavy (non-hydrogen) atoms. The molecule has 0 aliphatic carbocycles. The van der Waals surface area contributed by atoms with Gasteiger partial charge in [0.15, 0.2) is 0 Å². The predicted octanol–water partition coefficient (Wildman–Crippen LogP) is 2.80. The van der Waals surface area contributed by atoms with Gasteiger partial charge in [0, 0.05) is 12.2 Å². The van der Waals surface area contributed by atoms with E-state index in [0.717, 1.165) is 17.1 Å². The summed E-state index contributed by atoms with van der Waals surface area (Å²) in [5.74, 6) is 0.882. The van der Waals surface area contributed by atoms with Crippen LogP contribution in [0, 0.1) is 6.92 Å². The highest BCUT2D eigenvalue weighted by Crippen LogP contribution is 2.21. The second-order valence-electron chi connectivity index (χ2n) is 4.54. The van der Waals surface area contributed by atoms with Crippen molar-refractivity contribution in [2.24, 2.45) is 0 Å². The third kappa shape index (κ3) is 3.72. The van der Waals surface area contributed by atoms with Crippen LogP contribution in [-0.4, -0.2) is 25.2 Å². The minimum absolute atomic E-state index is 0.413. The number of hydrogen-bond acceptors (Lipinski definition) is 5. The van der Waals surface area contributed by atoms with Gasteiger partial charge in [-0.25, -0.2) is 9.78 Å². The number of benzene rings is 1. The van der Waals surface area contributed by atoms with E-state index in [2.05, 4.69) is 10.3 Å². The minimum atomic E-state index is -0.414. The second kappa shape index (κ2) is 6.74. The topological polar surface area (TPSA) is 60.5 Å². The zero-order chi connectivity index (χ0) is 15.2. The number of anilines is 1. The Morgan fingerprint density at radius 2 is 2.05 bits per heavy atom. The molecule has 1 aromatic heterocycles. The van der Waals surface area contributed by atoms with Crippen LogP contribution in [0.15, 0.2) is 36.4 Å². The molecule has 1 aromatic carbocycles. The first-order valence-corrected chi connectivity index (χ1v) is 6.57.